The number of aromatic nitrogens is 1. The van der Waals surface area contributed by atoms with Gasteiger partial charge in [-0.2, -0.15) is 0 Å². The highest BCUT2D eigenvalue weighted by Gasteiger charge is 2.34. The van der Waals surface area contributed by atoms with Gasteiger partial charge in [-0.25, -0.2) is 14.4 Å². The van der Waals surface area contributed by atoms with Crippen LogP contribution in [0.2, 0.25) is 0 Å². The van der Waals surface area contributed by atoms with Crippen molar-refractivity contribution in [2.45, 2.75) is 12.1 Å². The number of hydrogen-bond donors (Lipinski definition) is 0. The van der Waals surface area contributed by atoms with Gasteiger partial charge in [-0.3, -0.25) is 0 Å². The fourth-order valence-electron chi connectivity index (χ4n) is 2.83. The molecule has 0 saturated carbocycles. The summed E-state index contributed by atoms with van der Waals surface area (Å²) in [6, 6.07) is 22.8. The number of pyridine rings is 1. The third-order valence-corrected chi connectivity index (χ3v) is 4.00. The average Bonchev–Trinajstić information content (AvgIpc) is 3.09. The number of aliphatic imine (C=N–C) groups is 1. The fourth-order valence-corrected chi connectivity index (χ4v) is 2.83. The Kier molecular flexibility index (Phi) is 3.79. The van der Waals surface area contributed by atoms with Gasteiger partial charge in [0.15, 0.2) is 6.10 Å². The minimum Gasteiger partial charge on any atom is -0.465 e. The van der Waals surface area contributed by atoms with Crippen LogP contribution < -0.4 is 0 Å². The van der Waals surface area contributed by atoms with E-state index >= 15 is 0 Å². The van der Waals surface area contributed by atoms with Gasteiger partial charge in [0.2, 0.25) is 5.90 Å². The van der Waals surface area contributed by atoms with E-state index < -0.39 is 0 Å². The summed E-state index contributed by atoms with van der Waals surface area (Å²) in [6.07, 6.45) is 0.949. The predicted octanol–water partition coefficient (Wildman–Crippen LogP) is 4.48. The van der Waals surface area contributed by atoms with Gasteiger partial charge in [-0.1, -0.05) is 60.7 Å². The van der Waals surface area contributed by atoms with E-state index in [4.69, 9.17) is 9.73 Å². The summed E-state index contributed by atoms with van der Waals surface area (Å²) in [4.78, 5) is 8.81. The third-order valence-electron chi connectivity index (χ3n) is 4.00. The lowest BCUT2D eigenvalue weighted by atomic mass is 9.97. The van der Waals surface area contributed by atoms with Gasteiger partial charge in [0, 0.05) is 0 Å². The first-order valence-electron chi connectivity index (χ1n) is 7.77. The minimum absolute atomic E-state index is 0.157. The normalized spacial score (nSPS) is 19.6. The van der Waals surface area contributed by atoms with Crippen molar-refractivity contribution in [3.63, 3.8) is 0 Å². The first-order chi connectivity index (χ1) is 11.8. The van der Waals surface area contributed by atoms with Crippen molar-refractivity contribution in [3.05, 3.63) is 102 Å². The molecule has 0 spiro atoms. The Hall–Kier alpha value is -3.01. The van der Waals surface area contributed by atoms with Gasteiger partial charge in [-0.15, -0.1) is 0 Å². The van der Waals surface area contributed by atoms with E-state index in [2.05, 4.69) is 4.98 Å². The van der Waals surface area contributed by atoms with E-state index in [0.717, 1.165) is 11.1 Å². The Labute approximate surface area is 139 Å². The Morgan fingerprint density at radius 1 is 0.792 bits per heavy atom. The van der Waals surface area contributed by atoms with Gasteiger partial charge < -0.3 is 4.74 Å². The number of rotatable bonds is 3. The first kappa shape index (κ1) is 14.6. The van der Waals surface area contributed by atoms with Crippen LogP contribution in [0.15, 0.2) is 84.0 Å². The number of halogens is 1. The molecule has 2 heterocycles. The highest BCUT2D eigenvalue weighted by molar-refractivity contribution is 5.93. The Morgan fingerprint density at radius 2 is 1.46 bits per heavy atom. The van der Waals surface area contributed by atoms with Crippen LogP contribution in [0.3, 0.4) is 0 Å². The maximum absolute atomic E-state index is 13.1. The highest BCUT2D eigenvalue weighted by Crippen LogP contribution is 2.40. The number of ether oxygens (including phenoxy) is 1. The zero-order valence-electron chi connectivity index (χ0n) is 12.8. The van der Waals surface area contributed by atoms with Crippen LogP contribution in [0.5, 0.6) is 0 Å². The zero-order chi connectivity index (χ0) is 16.4. The first-order valence-corrected chi connectivity index (χ1v) is 7.77. The smallest absolute Gasteiger partial charge is 0.236 e. The zero-order valence-corrected chi connectivity index (χ0v) is 12.8. The molecule has 24 heavy (non-hydrogen) atoms. The van der Waals surface area contributed by atoms with Gasteiger partial charge in [0.1, 0.15) is 17.6 Å². The van der Waals surface area contributed by atoms with E-state index in [1.165, 1.54) is 12.3 Å². The van der Waals surface area contributed by atoms with Crippen molar-refractivity contribution >= 4 is 5.90 Å². The molecular weight excluding hydrogens is 303 g/mol. The van der Waals surface area contributed by atoms with Gasteiger partial charge in [0.25, 0.3) is 0 Å². The van der Waals surface area contributed by atoms with Crippen LogP contribution >= 0.6 is 0 Å². The molecule has 3 aromatic rings. The molecule has 1 aliphatic heterocycles. The second-order valence-corrected chi connectivity index (χ2v) is 5.60. The quantitative estimate of drug-likeness (QED) is 0.713. The molecule has 2 aromatic carbocycles. The maximum Gasteiger partial charge on any atom is 0.236 e. The second-order valence-electron chi connectivity index (χ2n) is 5.60. The summed E-state index contributed by atoms with van der Waals surface area (Å²) in [5.74, 6) is 0.0641. The van der Waals surface area contributed by atoms with Gasteiger partial charge >= 0.3 is 0 Å². The summed E-state index contributed by atoms with van der Waals surface area (Å²) in [5, 5.41) is 0. The number of nitrogens with zero attached hydrogens (tertiary/aromatic N) is 2. The third kappa shape index (κ3) is 2.78. The molecule has 0 saturated heterocycles. The standard InChI is InChI=1S/C20H15FN2O/c21-16-11-12-17(22-13-16)20-23-18(14-7-3-1-4-8-14)19(24-20)15-9-5-2-6-10-15/h1-13,18-19H/t18-,19+/m0/s1. The summed E-state index contributed by atoms with van der Waals surface area (Å²) in [6.45, 7) is 0. The van der Waals surface area contributed by atoms with Crippen LogP contribution in [0.4, 0.5) is 4.39 Å². The summed E-state index contributed by atoms with van der Waals surface area (Å²) in [5.41, 5.74) is 2.66. The van der Waals surface area contributed by atoms with Crippen molar-refractivity contribution in [2.75, 3.05) is 0 Å². The monoisotopic (exact) mass is 318 g/mol. The molecule has 2 atom stereocenters. The van der Waals surface area contributed by atoms with E-state index in [1.54, 1.807) is 6.07 Å². The number of benzene rings is 2. The van der Waals surface area contributed by atoms with Crippen molar-refractivity contribution < 1.29 is 9.13 Å². The van der Waals surface area contributed by atoms with Crippen molar-refractivity contribution in [1.29, 1.82) is 0 Å². The van der Waals surface area contributed by atoms with Crippen LogP contribution in [-0.4, -0.2) is 10.9 Å². The fraction of sp³-hybridized carbons (Fsp3) is 0.100. The largest absolute Gasteiger partial charge is 0.465 e. The molecule has 0 N–H and O–H groups in total. The lowest BCUT2D eigenvalue weighted by molar-refractivity contribution is 0.196. The molecule has 0 radical (unpaired) electrons. The number of hydrogen-bond acceptors (Lipinski definition) is 3. The van der Waals surface area contributed by atoms with Crippen molar-refractivity contribution in [1.82, 2.24) is 4.98 Å². The van der Waals surface area contributed by atoms with Crippen molar-refractivity contribution in [3.8, 4) is 0 Å². The highest BCUT2D eigenvalue weighted by atomic mass is 19.1. The molecule has 0 unspecified atom stereocenters. The van der Waals surface area contributed by atoms with E-state index in [-0.39, 0.29) is 18.0 Å². The second kappa shape index (κ2) is 6.24. The molecule has 0 amide bonds. The minimum atomic E-state index is -0.378. The van der Waals surface area contributed by atoms with Crippen LogP contribution in [0.1, 0.15) is 29.0 Å². The van der Waals surface area contributed by atoms with Gasteiger partial charge in [-0.05, 0) is 23.3 Å². The average molecular weight is 318 g/mol. The van der Waals surface area contributed by atoms with E-state index in [9.17, 15) is 4.39 Å². The molecule has 3 nitrogen and oxygen atoms in total. The maximum atomic E-state index is 13.1. The molecule has 1 aliphatic rings. The molecule has 0 aliphatic carbocycles. The molecule has 0 fully saturated rings. The van der Waals surface area contributed by atoms with Crippen LogP contribution in [-0.2, 0) is 4.74 Å². The van der Waals surface area contributed by atoms with Crippen LogP contribution in [0, 0.1) is 5.82 Å². The van der Waals surface area contributed by atoms with E-state index in [1.807, 2.05) is 60.7 Å². The van der Waals surface area contributed by atoms with E-state index in [0.29, 0.717) is 11.6 Å². The van der Waals surface area contributed by atoms with Crippen LogP contribution in [0.25, 0.3) is 0 Å². The SMILES string of the molecule is Fc1ccc(C2=N[C@@H](c3ccccc3)[C@@H](c3ccccc3)O2)nc1. The lowest BCUT2D eigenvalue weighted by Gasteiger charge is -2.18. The molecule has 118 valence electrons. The summed E-state index contributed by atoms with van der Waals surface area (Å²) in [7, 11) is 0. The summed E-state index contributed by atoms with van der Waals surface area (Å²) < 4.78 is 19.2. The van der Waals surface area contributed by atoms with Gasteiger partial charge in [0.05, 0.1) is 6.20 Å². The molecule has 1 aromatic heterocycles. The Balaban J connectivity index is 1.74. The molecular formula is C20H15FN2O. The molecule has 4 heteroatoms. The Bertz CT molecular complexity index is 848. The predicted molar refractivity (Wildman–Crippen MR) is 90.2 cm³/mol. The van der Waals surface area contributed by atoms with Crippen molar-refractivity contribution in [2.24, 2.45) is 4.99 Å². The lowest BCUT2D eigenvalue weighted by Crippen LogP contribution is -2.09. The molecule has 4 rings (SSSR count). The molecule has 0 bridgehead atoms. The summed E-state index contributed by atoms with van der Waals surface area (Å²) >= 11 is 0. The topological polar surface area (TPSA) is 34.5 Å². The Morgan fingerprint density at radius 3 is 2.08 bits per heavy atom.